The first-order chi connectivity index (χ1) is 9.49. The van der Waals surface area contributed by atoms with Gasteiger partial charge in [0.05, 0.1) is 12.0 Å². The molecule has 0 aromatic carbocycles. The molecule has 3 unspecified atom stereocenters. The molecule has 2 fully saturated rings. The number of nitrogens with two attached hydrogens (primary N) is 1. The van der Waals surface area contributed by atoms with Crippen LogP contribution in [0.15, 0.2) is 0 Å². The quantitative estimate of drug-likeness (QED) is 0.833. The second-order valence-electron chi connectivity index (χ2n) is 6.44. The molecule has 0 spiro atoms. The molecule has 2 N–H and O–H groups in total. The van der Waals surface area contributed by atoms with Crippen LogP contribution in [0.1, 0.15) is 39.5 Å². The van der Waals surface area contributed by atoms with E-state index in [4.69, 9.17) is 5.73 Å². The van der Waals surface area contributed by atoms with E-state index in [1.54, 1.807) is 0 Å². The van der Waals surface area contributed by atoms with Crippen molar-refractivity contribution in [1.82, 2.24) is 9.80 Å². The van der Waals surface area contributed by atoms with Gasteiger partial charge in [-0.25, -0.2) is 0 Å². The van der Waals surface area contributed by atoms with E-state index in [-0.39, 0.29) is 23.8 Å². The van der Waals surface area contributed by atoms with Gasteiger partial charge in [0.25, 0.3) is 0 Å². The van der Waals surface area contributed by atoms with Gasteiger partial charge >= 0.3 is 0 Å². The summed E-state index contributed by atoms with van der Waals surface area (Å²) in [6.45, 7) is 7.50. The van der Waals surface area contributed by atoms with Gasteiger partial charge < -0.3 is 10.6 Å². The van der Waals surface area contributed by atoms with Crippen molar-refractivity contribution in [3.8, 4) is 0 Å². The summed E-state index contributed by atoms with van der Waals surface area (Å²) in [6, 6.07) is -0.0793. The lowest BCUT2D eigenvalue weighted by Gasteiger charge is -2.39. The van der Waals surface area contributed by atoms with Crippen LogP contribution in [0.5, 0.6) is 0 Å². The molecule has 2 rings (SSSR count). The Balaban J connectivity index is 1.93. The number of piperidine rings is 2. The molecule has 0 aromatic heterocycles. The number of hydrogen-bond acceptors (Lipinski definition) is 3. The van der Waals surface area contributed by atoms with Crippen molar-refractivity contribution in [2.45, 2.75) is 45.6 Å². The van der Waals surface area contributed by atoms with E-state index < -0.39 is 0 Å². The van der Waals surface area contributed by atoms with Crippen LogP contribution >= 0.6 is 0 Å². The smallest absolute Gasteiger partial charge is 0.239 e. The third-order valence-electron chi connectivity index (χ3n) is 4.73. The zero-order chi connectivity index (χ0) is 14.7. The molecule has 0 radical (unpaired) electrons. The Bertz CT molecular complexity index is 372. The minimum absolute atomic E-state index is 0.0793. The summed E-state index contributed by atoms with van der Waals surface area (Å²) in [5.41, 5.74) is 5.38. The van der Waals surface area contributed by atoms with Gasteiger partial charge in [-0.3, -0.25) is 14.5 Å². The van der Waals surface area contributed by atoms with E-state index in [0.29, 0.717) is 12.5 Å². The van der Waals surface area contributed by atoms with Crippen molar-refractivity contribution in [2.75, 3.05) is 26.2 Å². The molecule has 0 bridgehead atoms. The minimum Gasteiger partial charge on any atom is -0.369 e. The average Bonchev–Trinajstić information content (AvgIpc) is 2.45. The number of amides is 2. The van der Waals surface area contributed by atoms with Gasteiger partial charge in [0, 0.05) is 19.6 Å². The van der Waals surface area contributed by atoms with Gasteiger partial charge in [0.2, 0.25) is 11.8 Å². The Hall–Kier alpha value is -1.10. The normalized spacial score (nSPS) is 30.0. The van der Waals surface area contributed by atoms with E-state index in [9.17, 15) is 9.59 Å². The first kappa shape index (κ1) is 15.3. The summed E-state index contributed by atoms with van der Waals surface area (Å²) in [5.74, 6) is 0.380. The molecule has 2 aliphatic rings. The van der Waals surface area contributed by atoms with Gasteiger partial charge in [0.1, 0.15) is 0 Å². The van der Waals surface area contributed by atoms with Crippen molar-refractivity contribution < 1.29 is 9.59 Å². The van der Waals surface area contributed by atoms with Crippen molar-refractivity contribution in [3.63, 3.8) is 0 Å². The van der Waals surface area contributed by atoms with Crippen LogP contribution in [0.2, 0.25) is 0 Å². The van der Waals surface area contributed by atoms with Gasteiger partial charge in [-0.15, -0.1) is 0 Å². The highest BCUT2D eigenvalue weighted by Crippen LogP contribution is 2.21. The van der Waals surface area contributed by atoms with Crippen LogP contribution in [0.3, 0.4) is 0 Å². The van der Waals surface area contributed by atoms with E-state index in [1.165, 1.54) is 12.8 Å². The summed E-state index contributed by atoms with van der Waals surface area (Å²) in [6.07, 6.45) is 4.12. The Morgan fingerprint density at radius 2 is 1.85 bits per heavy atom. The van der Waals surface area contributed by atoms with E-state index in [1.807, 2.05) is 11.8 Å². The summed E-state index contributed by atoms with van der Waals surface area (Å²) >= 11 is 0. The third kappa shape index (κ3) is 3.51. The Labute approximate surface area is 121 Å². The molecule has 2 aliphatic heterocycles. The zero-order valence-electron chi connectivity index (χ0n) is 12.7. The summed E-state index contributed by atoms with van der Waals surface area (Å²) in [7, 11) is 0. The topological polar surface area (TPSA) is 66.6 Å². The Morgan fingerprint density at radius 1 is 1.15 bits per heavy atom. The Morgan fingerprint density at radius 3 is 2.50 bits per heavy atom. The lowest BCUT2D eigenvalue weighted by molar-refractivity contribution is -0.140. The van der Waals surface area contributed by atoms with Gasteiger partial charge in [-0.05, 0) is 45.1 Å². The number of primary amides is 1. The molecule has 3 atom stereocenters. The predicted molar refractivity (Wildman–Crippen MR) is 77.9 cm³/mol. The second kappa shape index (κ2) is 6.57. The van der Waals surface area contributed by atoms with Gasteiger partial charge in [-0.1, -0.05) is 6.92 Å². The van der Waals surface area contributed by atoms with E-state index >= 15 is 0 Å². The fraction of sp³-hybridized carbons (Fsp3) is 0.867. The van der Waals surface area contributed by atoms with Crippen molar-refractivity contribution >= 4 is 11.8 Å². The molecular formula is C15H27N3O2. The highest BCUT2D eigenvalue weighted by molar-refractivity contribution is 5.83. The minimum atomic E-state index is -0.276. The molecule has 2 heterocycles. The molecule has 0 saturated carbocycles. The molecule has 0 aliphatic carbocycles. The monoisotopic (exact) mass is 281 g/mol. The maximum atomic E-state index is 12.6. The van der Waals surface area contributed by atoms with Crippen molar-refractivity contribution in [3.05, 3.63) is 0 Å². The number of carbonyl (C=O) groups excluding carboxylic acids is 2. The average molecular weight is 281 g/mol. The summed E-state index contributed by atoms with van der Waals surface area (Å²) in [4.78, 5) is 28.0. The molecule has 114 valence electrons. The highest BCUT2D eigenvalue weighted by Gasteiger charge is 2.32. The highest BCUT2D eigenvalue weighted by atomic mass is 16.2. The fourth-order valence-electron chi connectivity index (χ4n) is 3.41. The largest absolute Gasteiger partial charge is 0.369 e. The van der Waals surface area contributed by atoms with Crippen LogP contribution in [0, 0.1) is 11.8 Å². The van der Waals surface area contributed by atoms with Crippen LogP contribution in [-0.2, 0) is 9.59 Å². The molecular weight excluding hydrogens is 254 g/mol. The third-order valence-corrected chi connectivity index (χ3v) is 4.73. The van der Waals surface area contributed by atoms with Crippen LogP contribution in [0.4, 0.5) is 0 Å². The first-order valence-corrected chi connectivity index (χ1v) is 7.81. The lowest BCUT2D eigenvalue weighted by atomic mass is 9.96. The number of likely N-dealkylation sites (tertiary alicyclic amines) is 2. The maximum absolute atomic E-state index is 12.6. The van der Waals surface area contributed by atoms with Crippen molar-refractivity contribution in [2.24, 2.45) is 17.6 Å². The number of nitrogens with zero attached hydrogens (tertiary/aromatic N) is 2. The van der Waals surface area contributed by atoms with Crippen LogP contribution < -0.4 is 5.73 Å². The van der Waals surface area contributed by atoms with Gasteiger partial charge in [-0.2, -0.15) is 0 Å². The summed E-state index contributed by atoms with van der Waals surface area (Å²) < 4.78 is 0. The number of rotatable bonds is 3. The van der Waals surface area contributed by atoms with Crippen LogP contribution in [0.25, 0.3) is 0 Å². The van der Waals surface area contributed by atoms with Crippen LogP contribution in [-0.4, -0.2) is 53.8 Å². The zero-order valence-corrected chi connectivity index (χ0v) is 12.7. The number of hydrogen-bond donors (Lipinski definition) is 1. The molecule has 2 saturated heterocycles. The van der Waals surface area contributed by atoms with E-state index in [0.717, 1.165) is 32.5 Å². The van der Waals surface area contributed by atoms with E-state index in [2.05, 4.69) is 11.8 Å². The summed E-state index contributed by atoms with van der Waals surface area (Å²) in [5, 5.41) is 0. The molecule has 0 aromatic rings. The predicted octanol–water partition coefficient (Wildman–Crippen LogP) is 0.831. The first-order valence-electron chi connectivity index (χ1n) is 7.81. The molecule has 5 heteroatoms. The lowest BCUT2D eigenvalue weighted by Crippen LogP contribution is -2.53. The number of carbonyl (C=O) groups is 2. The van der Waals surface area contributed by atoms with Gasteiger partial charge in [0.15, 0.2) is 0 Å². The van der Waals surface area contributed by atoms with Crippen molar-refractivity contribution in [1.29, 1.82) is 0 Å². The molecule has 5 nitrogen and oxygen atoms in total. The fourth-order valence-corrected chi connectivity index (χ4v) is 3.41. The standard InChI is InChI=1S/C15H27N3O2/c1-11-5-3-7-17(9-11)12(2)15(20)18-8-4-6-13(10-18)14(16)19/h11-13H,3-10H2,1-2H3,(H2,16,19). The SMILES string of the molecule is CC1CCCN(C(C)C(=O)N2CCCC(C(N)=O)C2)C1. The molecule has 2 amide bonds. The second-order valence-corrected chi connectivity index (χ2v) is 6.44. The molecule has 20 heavy (non-hydrogen) atoms. The Kier molecular flexibility index (Phi) is 5.02. The maximum Gasteiger partial charge on any atom is 0.239 e.